The zero-order valence-electron chi connectivity index (χ0n) is 27.3. The average Bonchev–Trinajstić information content (AvgIpc) is 3.91. The van der Waals surface area contributed by atoms with Gasteiger partial charge in [0.1, 0.15) is 23.3 Å². The Hall–Kier alpha value is -6.10. The third-order valence-electron chi connectivity index (χ3n) is 9.72. The molecule has 10 heteroatoms. The van der Waals surface area contributed by atoms with Crippen molar-refractivity contribution >= 4 is 44.1 Å². The minimum absolute atomic E-state index is 0.476. The van der Waals surface area contributed by atoms with Gasteiger partial charge in [0.05, 0.1) is 55.2 Å². The van der Waals surface area contributed by atoms with Crippen LogP contribution in [0.15, 0.2) is 121 Å². The fourth-order valence-corrected chi connectivity index (χ4v) is 7.22. The van der Waals surface area contributed by atoms with Gasteiger partial charge in [-0.1, -0.05) is 72.8 Å². The number of hydrogen-bond donors (Lipinski definition) is 6. The number of para-hydroxylation sites is 8. The van der Waals surface area contributed by atoms with Crippen molar-refractivity contribution in [3.05, 3.63) is 156 Å². The van der Waals surface area contributed by atoms with Gasteiger partial charge in [-0.2, -0.15) is 0 Å². The molecule has 50 heavy (non-hydrogen) atoms. The van der Waals surface area contributed by atoms with E-state index in [2.05, 4.69) is 44.2 Å². The zero-order chi connectivity index (χ0) is 33.7. The van der Waals surface area contributed by atoms with E-state index in [9.17, 15) is 0 Å². The second-order valence-electron chi connectivity index (χ2n) is 13.4. The number of H-pyrrole nitrogens is 4. The van der Waals surface area contributed by atoms with E-state index in [1.807, 2.05) is 97.1 Å². The summed E-state index contributed by atoms with van der Waals surface area (Å²) in [5.74, 6) is 3.27. The zero-order valence-corrected chi connectivity index (χ0v) is 27.3. The number of rotatable bonds is 10. The summed E-state index contributed by atoms with van der Waals surface area (Å²) in [6.45, 7) is 0. The Morgan fingerprint density at radius 3 is 0.840 bits per heavy atom. The molecule has 0 fully saturated rings. The molecule has 9 rings (SSSR count). The Balaban J connectivity index is 1.09. The lowest BCUT2D eigenvalue weighted by atomic mass is 9.80. The Bertz CT molecular complexity index is 2140. The molecule has 0 radical (unpaired) electrons. The summed E-state index contributed by atoms with van der Waals surface area (Å²) in [6, 6.07) is 40.5. The fourth-order valence-electron chi connectivity index (χ4n) is 7.22. The van der Waals surface area contributed by atoms with E-state index in [0.29, 0.717) is 25.7 Å². The van der Waals surface area contributed by atoms with E-state index < -0.39 is 11.1 Å². The first-order valence-corrected chi connectivity index (χ1v) is 16.8. The number of hydrogen-bond acceptors (Lipinski definition) is 6. The number of aromatic amines is 4. The first kappa shape index (κ1) is 30.0. The summed E-state index contributed by atoms with van der Waals surface area (Å²) in [4.78, 5) is 33.5. The molecule has 4 aromatic heterocycles. The molecule has 0 aliphatic carbocycles. The summed E-state index contributed by atoms with van der Waals surface area (Å²) in [5, 5.41) is 0. The molecule has 0 aliphatic heterocycles. The maximum atomic E-state index is 7.44. The molecule has 0 amide bonds. The molecule has 0 spiro atoms. The molecule has 0 bridgehead atoms. The van der Waals surface area contributed by atoms with Crippen molar-refractivity contribution in [2.45, 2.75) is 36.8 Å². The highest BCUT2D eigenvalue weighted by atomic mass is 15.0. The van der Waals surface area contributed by atoms with Crippen LogP contribution in [0.5, 0.6) is 0 Å². The molecule has 246 valence electrons. The van der Waals surface area contributed by atoms with E-state index in [-0.39, 0.29) is 0 Å². The summed E-state index contributed by atoms with van der Waals surface area (Å²) >= 11 is 0. The molecule has 4 heterocycles. The lowest BCUT2D eigenvalue weighted by Crippen LogP contribution is -2.43. The van der Waals surface area contributed by atoms with Gasteiger partial charge in [0, 0.05) is 25.7 Å². The maximum absolute atomic E-state index is 7.44. The van der Waals surface area contributed by atoms with Crippen molar-refractivity contribution < 1.29 is 0 Å². The Morgan fingerprint density at radius 1 is 0.360 bits per heavy atom. The van der Waals surface area contributed by atoms with E-state index in [1.165, 1.54) is 0 Å². The van der Waals surface area contributed by atoms with Crippen LogP contribution in [0.2, 0.25) is 0 Å². The molecule has 0 atom stereocenters. The van der Waals surface area contributed by atoms with Crippen molar-refractivity contribution in [2.75, 3.05) is 0 Å². The van der Waals surface area contributed by atoms with Crippen LogP contribution in [0.4, 0.5) is 0 Å². The molecular weight excluding hydrogens is 621 g/mol. The summed E-state index contributed by atoms with van der Waals surface area (Å²) in [5.41, 5.74) is 22.7. The third kappa shape index (κ3) is 5.60. The van der Waals surface area contributed by atoms with Gasteiger partial charge in [0.15, 0.2) is 0 Å². The van der Waals surface area contributed by atoms with Gasteiger partial charge in [-0.05, 0) is 59.7 Å². The maximum Gasteiger partial charge on any atom is 0.109 e. The summed E-state index contributed by atoms with van der Waals surface area (Å²) in [6.07, 6.45) is 1.90. The van der Waals surface area contributed by atoms with Crippen molar-refractivity contribution in [2.24, 2.45) is 11.5 Å². The monoisotopic (exact) mass is 656 g/mol. The topological polar surface area (TPSA) is 167 Å². The number of nitrogens with two attached hydrogens (primary N) is 2. The van der Waals surface area contributed by atoms with Crippen LogP contribution in [0.3, 0.4) is 0 Å². The average molecular weight is 657 g/mol. The standard InChI is InChI=1S/C40H36N10/c41-39(21-35-43-27-9-1-2-10-28(27)44-35,22-36-45-29-11-3-4-12-30(29)46-36)25-17-19-26(20-18-25)40(42,23-37-47-31-13-5-6-14-32(31)48-37)24-38-49-33-15-7-8-16-34(33)50-38/h1-20H,21-24,41-42H2,(H,43,44)(H,45,46)(H,47,48)(H,49,50). The Labute approximate surface area is 287 Å². The number of nitrogens with one attached hydrogen (secondary N) is 4. The fraction of sp³-hybridized carbons (Fsp3) is 0.150. The minimum Gasteiger partial charge on any atom is -0.342 e. The molecule has 0 aliphatic rings. The highest BCUT2D eigenvalue weighted by Gasteiger charge is 2.34. The number of fused-ring (bicyclic) bond motifs is 4. The molecule has 8 N–H and O–H groups in total. The van der Waals surface area contributed by atoms with E-state index in [0.717, 1.165) is 78.6 Å². The number of imidazole rings is 4. The lowest BCUT2D eigenvalue weighted by Gasteiger charge is -2.32. The number of aromatic nitrogens is 8. The van der Waals surface area contributed by atoms with Crippen molar-refractivity contribution in [3.8, 4) is 0 Å². The van der Waals surface area contributed by atoms with Crippen LogP contribution in [0.25, 0.3) is 44.1 Å². The van der Waals surface area contributed by atoms with Crippen LogP contribution in [-0.4, -0.2) is 39.9 Å². The van der Waals surface area contributed by atoms with Crippen LogP contribution in [0.1, 0.15) is 34.4 Å². The van der Waals surface area contributed by atoms with Gasteiger partial charge >= 0.3 is 0 Å². The highest BCUT2D eigenvalue weighted by molar-refractivity contribution is 5.77. The second-order valence-corrected chi connectivity index (χ2v) is 13.4. The molecule has 0 saturated heterocycles. The first-order valence-electron chi connectivity index (χ1n) is 16.8. The van der Waals surface area contributed by atoms with E-state index >= 15 is 0 Å². The lowest BCUT2D eigenvalue weighted by molar-refractivity contribution is 0.412. The molecular formula is C40H36N10. The number of benzene rings is 5. The van der Waals surface area contributed by atoms with Gasteiger partial charge in [-0.3, -0.25) is 0 Å². The van der Waals surface area contributed by atoms with Crippen LogP contribution >= 0.6 is 0 Å². The third-order valence-corrected chi connectivity index (χ3v) is 9.72. The van der Waals surface area contributed by atoms with E-state index in [1.54, 1.807) is 0 Å². The second kappa shape index (κ2) is 11.8. The van der Waals surface area contributed by atoms with E-state index in [4.69, 9.17) is 31.4 Å². The van der Waals surface area contributed by atoms with Crippen molar-refractivity contribution in [3.63, 3.8) is 0 Å². The first-order chi connectivity index (χ1) is 24.4. The van der Waals surface area contributed by atoms with Crippen molar-refractivity contribution in [1.82, 2.24) is 39.9 Å². The predicted octanol–water partition coefficient (Wildman–Crippen LogP) is 6.47. The quantitative estimate of drug-likeness (QED) is 0.0987. The summed E-state index contributed by atoms with van der Waals surface area (Å²) < 4.78 is 0. The largest absolute Gasteiger partial charge is 0.342 e. The minimum atomic E-state index is -0.838. The van der Waals surface area contributed by atoms with Crippen LogP contribution in [-0.2, 0) is 36.8 Å². The molecule has 0 saturated carbocycles. The van der Waals surface area contributed by atoms with Crippen LogP contribution in [0, 0.1) is 0 Å². The van der Waals surface area contributed by atoms with Crippen LogP contribution < -0.4 is 11.5 Å². The molecule has 5 aromatic carbocycles. The van der Waals surface area contributed by atoms with Gasteiger partial charge in [0.25, 0.3) is 0 Å². The Morgan fingerprint density at radius 2 is 0.600 bits per heavy atom. The number of nitrogens with zero attached hydrogens (tertiary/aromatic N) is 4. The van der Waals surface area contributed by atoms with Crippen molar-refractivity contribution in [1.29, 1.82) is 0 Å². The van der Waals surface area contributed by atoms with Gasteiger partial charge < -0.3 is 31.4 Å². The SMILES string of the molecule is NC(Cc1nc2ccccc2[nH]1)(Cc1nc2ccccc2[nH]1)c1ccc(C(N)(Cc2nc3ccccc3[nH]2)Cc2nc3ccccc3[nH]2)cc1. The molecule has 9 aromatic rings. The van der Waals surface area contributed by atoms with Gasteiger partial charge in [-0.15, -0.1) is 0 Å². The van der Waals surface area contributed by atoms with Gasteiger partial charge in [-0.25, -0.2) is 19.9 Å². The highest BCUT2D eigenvalue weighted by Crippen LogP contribution is 2.32. The molecule has 0 unspecified atom stereocenters. The predicted molar refractivity (Wildman–Crippen MR) is 197 cm³/mol. The molecule has 10 nitrogen and oxygen atoms in total. The van der Waals surface area contributed by atoms with Gasteiger partial charge in [0.2, 0.25) is 0 Å². The summed E-state index contributed by atoms with van der Waals surface area (Å²) in [7, 11) is 0. The Kier molecular flexibility index (Phi) is 7.08. The smallest absolute Gasteiger partial charge is 0.109 e. The normalized spacial score (nSPS) is 12.5.